The van der Waals surface area contributed by atoms with Gasteiger partial charge in [-0.1, -0.05) is 45.0 Å². The predicted octanol–water partition coefficient (Wildman–Crippen LogP) is 4.61. The molecular formula is C18H20F2O2S. The summed E-state index contributed by atoms with van der Waals surface area (Å²) >= 11 is 0. The predicted molar refractivity (Wildman–Crippen MR) is 87.4 cm³/mol. The van der Waals surface area contributed by atoms with Crippen LogP contribution in [0.1, 0.15) is 38.1 Å². The van der Waals surface area contributed by atoms with E-state index in [1.165, 1.54) is 24.3 Å². The van der Waals surface area contributed by atoms with Crippen LogP contribution < -0.4 is 0 Å². The van der Waals surface area contributed by atoms with E-state index in [9.17, 15) is 17.2 Å². The Labute approximate surface area is 136 Å². The van der Waals surface area contributed by atoms with Crippen LogP contribution >= 0.6 is 0 Å². The van der Waals surface area contributed by atoms with E-state index in [1.54, 1.807) is 12.1 Å². The number of sulfone groups is 1. The molecule has 0 aliphatic heterocycles. The zero-order valence-electron chi connectivity index (χ0n) is 13.4. The van der Waals surface area contributed by atoms with Crippen LogP contribution in [-0.4, -0.2) is 14.2 Å². The average molecular weight is 338 g/mol. The quantitative estimate of drug-likeness (QED) is 0.816. The third-order valence-electron chi connectivity index (χ3n) is 3.68. The Kier molecular flexibility index (Phi) is 4.90. The first-order valence-corrected chi connectivity index (χ1v) is 8.98. The molecule has 0 saturated carbocycles. The highest BCUT2D eigenvalue weighted by Crippen LogP contribution is 2.26. The Morgan fingerprint density at radius 3 is 1.96 bits per heavy atom. The average Bonchev–Trinajstić information content (AvgIpc) is 2.46. The van der Waals surface area contributed by atoms with Crippen molar-refractivity contribution in [3.8, 4) is 0 Å². The van der Waals surface area contributed by atoms with E-state index in [1.807, 2.05) is 20.8 Å². The number of hydrogen-bond acceptors (Lipinski definition) is 2. The van der Waals surface area contributed by atoms with Gasteiger partial charge in [0, 0.05) is 0 Å². The Morgan fingerprint density at radius 1 is 0.957 bits per heavy atom. The summed E-state index contributed by atoms with van der Waals surface area (Å²) in [6.45, 7) is 6.09. The Balaban J connectivity index is 2.20. The molecule has 0 aliphatic rings. The summed E-state index contributed by atoms with van der Waals surface area (Å²) < 4.78 is 51.7. The molecule has 0 N–H and O–H groups in total. The smallest absolute Gasteiger partial charge is 0.181 e. The van der Waals surface area contributed by atoms with Crippen molar-refractivity contribution < 1.29 is 17.2 Å². The third-order valence-corrected chi connectivity index (χ3v) is 5.40. The summed E-state index contributed by atoms with van der Waals surface area (Å²) in [7, 11) is -3.75. The summed E-state index contributed by atoms with van der Waals surface area (Å²) in [4.78, 5) is 0.0928. The van der Waals surface area contributed by atoms with E-state index in [4.69, 9.17) is 0 Å². The molecule has 2 aromatic carbocycles. The molecule has 0 radical (unpaired) electrons. The molecule has 2 nitrogen and oxygen atoms in total. The molecule has 2 aromatic rings. The van der Waals surface area contributed by atoms with Gasteiger partial charge in [0.2, 0.25) is 0 Å². The summed E-state index contributed by atoms with van der Waals surface area (Å²) in [5.74, 6) is -1.14. The lowest BCUT2D eigenvalue weighted by Crippen LogP contribution is -2.14. The van der Waals surface area contributed by atoms with Crippen molar-refractivity contribution in [3.05, 3.63) is 65.5 Å². The van der Waals surface area contributed by atoms with Gasteiger partial charge < -0.3 is 0 Å². The Bertz CT molecular complexity index is 758. The molecule has 0 aromatic heterocycles. The van der Waals surface area contributed by atoms with E-state index in [0.717, 1.165) is 17.7 Å². The van der Waals surface area contributed by atoms with Gasteiger partial charge in [-0.2, -0.15) is 0 Å². The molecule has 23 heavy (non-hydrogen) atoms. The van der Waals surface area contributed by atoms with Crippen molar-refractivity contribution in [1.82, 2.24) is 0 Å². The second kappa shape index (κ2) is 6.40. The zero-order valence-corrected chi connectivity index (χ0v) is 14.2. The van der Waals surface area contributed by atoms with Crippen molar-refractivity contribution in [1.29, 1.82) is 0 Å². The first kappa shape index (κ1) is 17.6. The van der Waals surface area contributed by atoms with Crippen molar-refractivity contribution in [3.63, 3.8) is 0 Å². The number of halogens is 2. The molecule has 0 saturated heterocycles. The van der Waals surface area contributed by atoms with Gasteiger partial charge in [0.15, 0.2) is 9.84 Å². The minimum Gasteiger partial charge on any atom is -0.241 e. The van der Waals surface area contributed by atoms with E-state index >= 15 is 0 Å². The maximum absolute atomic E-state index is 14.2. The SMILES string of the molecule is CC(C)(C)c1ccc(S(=O)(=O)CC(F)c2ccc(F)cc2)cc1. The normalized spacial score (nSPS) is 13.8. The standard InChI is InChI=1S/C18H20F2O2S/c1-18(2,3)14-6-10-16(11-7-14)23(21,22)12-17(20)13-4-8-15(19)9-5-13/h4-11,17H,12H2,1-3H3. The molecule has 2 rings (SSSR count). The fourth-order valence-corrected chi connectivity index (χ4v) is 3.54. The van der Waals surface area contributed by atoms with Gasteiger partial charge in [0.1, 0.15) is 12.0 Å². The molecule has 0 bridgehead atoms. The van der Waals surface area contributed by atoms with Crippen molar-refractivity contribution in [2.24, 2.45) is 0 Å². The second-order valence-electron chi connectivity index (χ2n) is 6.57. The molecular weight excluding hydrogens is 318 g/mol. The zero-order chi connectivity index (χ0) is 17.3. The summed E-state index contributed by atoms with van der Waals surface area (Å²) in [6, 6.07) is 11.3. The number of benzene rings is 2. The lowest BCUT2D eigenvalue weighted by atomic mass is 9.87. The van der Waals surface area contributed by atoms with Crippen molar-refractivity contribution in [2.75, 3.05) is 5.75 Å². The summed E-state index contributed by atoms with van der Waals surface area (Å²) in [6.07, 6.45) is -1.69. The van der Waals surface area contributed by atoms with Crippen LogP contribution in [0, 0.1) is 5.82 Å². The molecule has 0 heterocycles. The van der Waals surface area contributed by atoms with Crippen LogP contribution in [0.5, 0.6) is 0 Å². The van der Waals surface area contributed by atoms with Crippen molar-refractivity contribution >= 4 is 9.84 Å². The van der Waals surface area contributed by atoms with Crippen LogP contribution in [0.3, 0.4) is 0 Å². The molecule has 1 atom stereocenters. The molecule has 5 heteroatoms. The number of hydrogen-bond donors (Lipinski definition) is 0. The van der Waals surface area contributed by atoms with Gasteiger partial charge in [0.25, 0.3) is 0 Å². The first-order valence-electron chi connectivity index (χ1n) is 7.32. The monoisotopic (exact) mass is 338 g/mol. The largest absolute Gasteiger partial charge is 0.241 e. The Morgan fingerprint density at radius 2 is 1.48 bits per heavy atom. The van der Waals surface area contributed by atoms with Crippen LogP contribution in [0.15, 0.2) is 53.4 Å². The van der Waals surface area contributed by atoms with Crippen LogP contribution in [0.25, 0.3) is 0 Å². The van der Waals surface area contributed by atoms with Crippen LogP contribution in [0.2, 0.25) is 0 Å². The highest BCUT2D eigenvalue weighted by molar-refractivity contribution is 7.91. The van der Waals surface area contributed by atoms with E-state index in [0.29, 0.717) is 0 Å². The number of alkyl halides is 1. The van der Waals surface area contributed by atoms with E-state index in [-0.39, 0.29) is 15.9 Å². The molecule has 0 aliphatic carbocycles. The summed E-state index contributed by atoms with van der Waals surface area (Å²) in [5, 5.41) is 0. The minimum absolute atomic E-state index is 0.0843. The van der Waals surface area contributed by atoms with Gasteiger partial charge in [-0.25, -0.2) is 17.2 Å². The molecule has 0 fully saturated rings. The molecule has 0 spiro atoms. The topological polar surface area (TPSA) is 34.1 Å². The molecule has 0 amide bonds. The van der Waals surface area contributed by atoms with E-state index < -0.39 is 27.6 Å². The van der Waals surface area contributed by atoms with E-state index in [2.05, 4.69) is 0 Å². The van der Waals surface area contributed by atoms with Gasteiger partial charge in [-0.15, -0.1) is 0 Å². The summed E-state index contributed by atoms with van der Waals surface area (Å²) in [5.41, 5.74) is 1.08. The van der Waals surface area contributed by atoms with Crippen LogP contribution in [-0.2, 0) is 15.3 Å². The maximum atomic E-state index is 14.2. The maximum Gasteiger partial charge on any atom is 0.181 e. The van der Waals surface area contributed by atoms with Gasteiger partial charge in [0.05, 0.1) is 10.6 Å². The highest BCUT2D eigenvalue weighted by Gasteiger charge is 2.23. The Hall–Kier alpha value is -1.75. The number of rotatable bonds is 4. The van der Waals surface area contributed by atoms with Gasteiger partial charge in [-0.05, 0) is 40.8 Å². The second-order valence-corrected chi connectivity index (χ2v) is 8.61. The third kappa shape index (κ3) is 4.38. The minimum atomic E-state index is -3.75. The molecule has 124 valence electrons. The lowest BCUT2D eigenvalue weighted by molar-refractivity contribution is 0.374. The fraction of sp³-hybridized carbons (Fsp3) is 0.333. The van der Waals surface area contributed by atoms with Gasteiger partial charge in [-0.3, -0.25) is 0 Å². The van der Waals surface area contributed by atoms with Gasteiger partial charge >= 0.3 is 0 Å². The molecule has 1 unspecified atom stereocenters. The fourth-order valence-electron chi connectivity index (χ4n) is 2.22. The van der Waals surface area contributed by atoms with Crippen LogP contribution in [0.4, 0.5) is 8.78 Å². The first-order chi connectivity index (χ1) is 10.6. The highest BCUT2D eigenvalue weighted by atomic mass is 32.2. The lowest BCUT2D eigenvalue weighted by Gasteiger charge is -2.19. The van der Waals surface area contributed by atoms with Crippen molar-refractivity contribution in [2.45, 2.75) is 37.3 Å².